The first-order valence-electron chi connectivity index (χ1n) is 6.98. The smallest absolute Gasteiger partial charge is 0.410 e. The number of Topliss-reactive ketones (excluding diaryl/α,β-unsaturated/α-hetero) is 1. The zero-order valence-corrected chi connectivity index (χ0v) is 12.0. The van der Waals surface area contributed by atoms with Crippen LogP contribution >= 0.6 is 0 Å². The molecule has 0 aromatic rings. The predicted molar refractivity (Wildman–Crippen MR) is 69.9 cm³/mol. The van der Waals surface area contributed by atoms with Crippen molar-refractivity contribution in [2.75, 3.05) is 19.8 Å². The molecule has 1 saturated heterocycles. The molecule has 0 aromatic carbocycles. The second-order valence-corrected chi connectivity index (χ2v) is 6.28. The van der Waals surface area contributed by atoms with E-state index in [2.05, 4.69) is 0 Å². The van der Waals surface area contributed by atoms with E-state index in [0.717, 1.165) is 12.8 Å². The Balaban J connectivity index is 2.07. The largest absolute Gasteiger partial charge is 0.444 e. The molecule has 1 saturated carbocycles. The van der Waals surface area contributed by atoms with Gasteiger partial charge in [0.2, 0.25) is 0 Å². The molecular formula is C14H23NO4. The van der Waals surface area contributed by atoms with Crippen molar-refractivity contribution in [2.45, 2.75) is 51.7 Å². The quantitative estimate of drug-likeness (QED) is 0.730. The van der Waals surface area contributed by atoms with Crippen LogP contribution in [0.25, 0.3) is 0 Å². The maximum absolute atomic E-state index is 12.2. The fourth-order valence-electron chi connectivity index (χ4n) is 2.75. The lowest BCUT2D eigenvalue weighted by Gasteiger charge is -2.39. The van der Waals surface area contributed by atoms with Gasteiger partial charge in [-0.3, -0.25) is 9.69 Å². The summed E-state index contributed by atoms with van der Waals surface area (Å²) in [6.07, 6.45) is 2.07. The molecule has 19 heavy (non-hydrogen) atoms. The van der Waals surface area contributed by atoms with Crippen LogP contribution in [0.5, 0.6) is 0 Å². The molecule has 1 aliphatic carbocycles. The van der Waals surface area contributed by atoms with Gasteiger partial charge >= 0.3 is 6.09 Å². The van der Waals surface area contributed by atoms with Crippen molar-refractivity contribution in [3.8, 4) is 0 Å². The van der Waals surface area contributed by atoms with E-state index >= 15 is 0 Å². The van der Waals surface area contributed by atoms with Crippen LogP contribution in [0.4, 0.5) is 4.79 Å². The highest BCUT2D eigenvalue weighted by Crippen LogP contribution is 2.29. The van der Waals surface area contributed by atoms with Gasteiger partial charge in [-0.05, 0) is 33.6 Å². The van der Waals surface area contributed by atoms with Gasteiger partial charge in [0.05, 0.1) is 19.3 Å². The Morgan fingerprint density at radius 3 is 2.74 bits per heavy atom. The van der Waals surface area contributed by atoms with E-state index in [1.165, 1.54) is 0 Å². The third kappa shape index (κ3) is 3.47. The Kier molecular flexibility index (Phi) is 4.13. The number of hydrogen-bond donors (Lipinski definition) is 0. The van der Waals surface area contributed by atoms with Crippen LogP contribution in [-0.2, 0) is 14.3 Å². The van der Waals surface area contributed by atoms with Gasteiger partial charge in [0.15, 0.2) is 0 Å². The molecule has 0 radical (unpaired) electrons. The summed E-state index contributed by atoms with van der Waals surface area (Å²) in [6.45, 7) is 7.00. The van der Waals surface area contributed by atoms with Crippen molar-refractivity contribution in [2.24, 2.45) is 5.92 Å². The molecule has 0 N–H and O–H groups in total. The van der Waals surface area contributed by atoms with Crippen LogP contribution < -0.4 is 0 Å². The van der Waals surface area contributed by atoms with Gasteiger partial charge in [-0.1, -0.05) is 0 Å². The molecule has 5 nitrogen and oxygen atoms in total. The summed E-state index contributed by atoms with van der Waals surface area (Å²) >= 11 is 0. The molecular weight excluding hydrogens is 246 g/mol. The third-order valence-corrected chi connectivity index (χ3v) is 3.61. The number of morpholine rings is 1. The normalized spacial score (nSPS) is 28.6. The van der Waals surface area contributed by atoms with Crippen molar-refractivity contribution < 1.29 is 19.1 Å². The number of nitrogens with zero attached hydrogens (tertiary/aromatic N) is 1. The zero-order chi connectivity index (χ0) is 14.0. The maximum atomic E-state index is 12.2. The summed E-state index contributed by atoms with van der Waals surface area (Å²) in [7, 11) is 0. The average Bonchev–Trinajstić information content (AvgIpc) is 2.73. The Labute approximate surface area is 114 Å². The topological polar surface area (TPSA) is 55.8 Å². The lowest BCUT2D eigenvalue weighted by molar-refractivity contribution is -0.125. The first-order valence-corrected chi connectivity index (χ1v) is 6.98. The lowest BCUT2D eigenvalue weighted by atomic mass is 9.95. The van der Waals surface area contributed by atoms with Gasteiger partial charge in [-0.15, -0.1) is 0 Å². The van der Waals surface area contributed by atoms with E-state index in [1.807, 2.05) is 20.8 Å². The number of ether oxygens (including phenoxy) is 2. The van der Waals surface area contributed by atoms with Gasteiger partial charge < -0.3 is 9.47 Å². The standard InChI is InChI=1S/C14H23NO4/c1-14(2,3)19-13(17)15-7-8-18-9-11(15)10-5-4-6-12(10)16/h10-11H,4-9H2,1-3H3/t10-,11-/m0/s1. The van der Waals surface area contributed by atoms with Gasteiger partial charge in [0.1, 0.15) is 11.4 Å². The Morgan fingerprint density at radius 1 is 1.42 bits per heavy atom. The molecule has 0 spiro atoms. The SMILES string of the molecule is CC(C)(C)OC(=O)N1CCOC[C@H]1[C@@H]1CCCC1=O. The minimum Gasteiger partial charge on any atom is -0.444 e. The second-order valence-electron chi connectivity index (χ2n) is 6.28. The molecule has 5 heteroatoms. The predicted octanol–water partition coefficient (Wildman–Crippen LogP) is 1.99. The molecule has 108 valence electrons. The van der Waals surface area contributed by atoms with Crippen molar-refractivity contribution in [1.82, 2.24) is 4.90 Å². The summed E-state index contributed by atoms with van der Waals surface area (Å²) in [6, 6.07) is -0.154. The van der Waals surface area contributed by atoms with Gasteiger partial charge in [-0.25, -0.2) is 4.79 Å². The van der Waals surface area contributed by atoms with Crippen molar-refractivity contribution in [3.05, 3.63) is 0 Å². The number of amides is 1. The molecule has 0 bridgehead atoms. The molecule has 1 aliphatic heterocycles. The lowest BCUT2D eigenvalue weighted by Crippen LogP contribution is -2.54. The summed E-state index contributed by atoms with van der Waals surface area (Å²) in [5.41, 5.74) is -0.514. The highest BCUT2D eigenvalue weighted by Gasteiger charge is 2.40. The van der Waals surface area contributed by atoms with Gasteiger partial charge in [0.25, 0.3) is 0 Å². The van der Waals surface area contributed by atoms with Crippen molar-refractivity contribution in [1.29, 1.82) is 0 Å². The summed E-state index contributed by atoms with van der Waals surface area (Å²) in [5.74, 6) is 0.178. The van der Waals surface area contributed by atoms with E-state index in [9.17, 15) is 9.59 Å². The van der Waals surface area contributed by atoms with Crippen LogP contribution in [0, 0.1) is 5.92 Å². The Hall–Kier alpha value is -1.10. The van der Waals surface area contributed by atoms with E-state index in [-0.39, 0.29) is 23.8 Å². The molecule has 2 atom stereocenters. The average molecular weight is 269 g/mol. The summed E-state index contributed by atoms with van der Waals surface area (Å²) in [5, 5.41) is 0. The van der Waals surface area contributed by atoms with Crippen LogP contribution in [-0.4, -0.2) is 48.2 Å². The maximum Gasteiger partial charge on any atom is 0.410 e. The number of rotatable bonds is 1. The Bertz CT molecular complexity index is 361. The van der Waals surface area contributed by atoms with Crippen LogP contribution in [0.15, 0.2) is 0 Å². The van der Waals surface area contributed by atoms with E-state index < -0.39 is 5.60 Å². The van der Waals surface area contributed by atoms with Gasteiger partial charge in [-0.2, -0.15) is 0 Å². The van der Waals surface area contributed by atoms with Crippen molar-refractivity contribution in [3.63, 3.8) is 0 Å². The summed E-state index contributed by atoms with van der Waals surface area (Å²) in [4.78, 5) is 25.8. The highest BCUT2D eigenvalue weighted by atomic mass is 16.6. The highest BCUT2D eigenvalue weighted by molar-refractivity contribution is 5.84. The van der Waals surface area contributed by atoms with Crippen LogP contribution in [0.3, 0.4) is 0 Å². The first-order chi connectivity index (χ1) is 8.88. The monoisotopic (exact) mass is 269 g/mol. The van der Waals surface area contributed by atoms with Crippen LogP contribution in [0.1, 0.15) is 40.0 Å². The van der Waals surface area contributed by atoms with Crippen molar-refractivity contribution >= 4 is 11.9 Å². The molecule has 0 unspecified atom stereocenters. The molecule has 2 rings (SSSR count). The second kappa shape index (κ2) is 5.49. The molecule has 1 heterocycles. The summed E-state index contributed by atoms with van der Waals surface area (Å²) < 4.78 is 10.9. The molecule has 0 aromatic heterocycles. The molecule has 1 amide bonds. The molecule has 2 aliphatic rings. The third-order valence-electron chi connectivity index (χ3n) is 3.61. The number of carbonyl (C=O) groups is 2. The minimum atomic E-state index is -0.514. The fraction of sp³-hybridized carbons (Fsp3) is 0.857. The zero-order valence-electron chi connectivity index (χ0n) is 12.0. The minimum absolute atomic E-state index is 0.0761. The van der Waals surface area contributed by atoms with Gasteiger partial charge in [0, 0.05) is 18.9 Å². The number of carbonyl (C=O) groups excluding carboxylic acids is 2. The van der Waals surface area contributed by atoms with E-state index in [1.54, 1.807) is 4.90 Å². The molecule has 2 fully saturated rings. The Morgan fingerprint density at radius 2 is 2.16 bits per heavy atom. The first kappa shape index (κ1) is 14.3. The van der Waals surface area contributed by atoms with Crippen LogP contribution in [0.2, 0.25) is 0 Å². The number of hydrogen-bond acceptors (Lipinski definition) is 4. The fourth-order valence-corrected chi connectivity index (χ4v) is 2.75. The van der Waals surface area contributed by atoms with E-state index in [4.69, 9.17) is 9.47 Å². The number of ketones is 1. The van der Waals surface area contributed by atoms with E-state index in [0.29, 0.717) is 26.2 Å².